The number of hydrogen-bond acceptors (Lipinski definition) is 6. The molecule has 9 heteroatoms. The van der Waals surface area contributed by atoms with Crippen LogP contribution in [0, 0.1) is 0 Å². The summed E-state index contributed by atoms with van der Waals surface area (Å²) in [5.41, 5.74) is 10.6. The Morgan fingerprint density at radius 1 is 0.958 bits per heavy atom. The van der Waals surface area contributed by atoms with Crippen LogP contribution in [0.5, 0.6) is 0 Å². The number of nitrogens with one attached hydrogen (secondary N) is 3. The summed E-state index contributed by atoms with van der Waals surface area (Å²) in [5, 5.41) is 14.2. The summed E-state index contributed by atoms with van der Waals surface area (Å²) in [6.07, 6.45) is 0. The van der Waals surface area contributed by atoms with Crippen molar-refractivity contribution in [1.82, 2.24) is 16.4 Å². The Bertz CT molecular complexity index is 850. The first-order valence-electron chi connectivity index (χ1n) is 7.08. The first-order chi connectivity index (χ1) is 11.4. The van der Waals surface area contributed by atoms with Gasteiger partial charge in [-0.2, -0.15) is 5.53 Å². The standard InChI is InChI=1S/C15H16N4O4S/c16-24(22,23)12-7-5-10(6-8-12)9-1-3-11(4-2-9)13-14(15(20)21)18-19-17-13/h1-8,13-14,17-19H,(H,20,21)(H2,16,22,23). The fourth-order valence-corrected chi connectivity index (χ4v) is 3.08. The topological polar surface area (TPSA) is 134 Å². The van der Waals surface area contributed by atoms with Crippen LogP contribution in [0.15, 0.2) is 53.4 Å². The Morgan fingerprint density at radius 3 is 2.00 bits per heavy atom. The third kappa shape index (κ3) is 3.30. The summed E-state index contributed by atoms with van der Waals surface area (Å²) in [6, 6.07) is 12.4. The SMILES string of the molecule is NS(=O)(=O)c1ccc(-c2ccc(C3NNNC3C(=O)O)cc2)cc1. The minimum Gasteiger partial charge on any atom is -0.480 e. The van der Waals surface area contributed by atoms with E-state index in [0.29, 0.717) is 0 Å². The van der Waals surface area contributed by atoms with Crippen molar-refractivity contribution in [3.05, 3.63) is 54.1 Å². The fourth-order valence-electron chi connectivity index (χ4n) is 2.56. The average molecular weight is 348 g/mol. The number of carboxylic acid groups (broad SMARTS) is 1. The van der Waals surface area contributed by atoms with E-state index in [1.165, 1.54) is 12.1 Å². The van der Waals surface area contributed by atoms with Gasteiger partial charge in [0.25, 0.3) is 0 Å². The van der Waals surface area contributed by atoms with Gasteiger partial charge in [0.05, 0.1) is 10.9 Å². The van der Waals surface area contributed by atoms with E-state index in [4.69, 9.17) is 10.2 Å². The number of carbonyl (C=O) groups is 1. The Hall–Kier alpha value is -2.30. The van der Waals surface area contributed by atoms with Crippen LogP contribution in [-0.2, 0) is 14.8 Å². The van der Waals surface area contributed by atoms with Crippen LogP contribution in [0.2, 0.25) is 0 Å². The third-order valence-electron chi connectivity index (χ3n) is 3.84. The van der Waals surface area contributed by atoms with Gasteiger partial charge in [-0.1, -0.05) is 36.4 Å². The van der Waals surface area contributed by atoms with E-state index in [1.54, 1.807) is 12.1 Å². The Kier molecular flexibility index (Phi) is 4.35. The van der Waals surface area contributed by atoms with Crippen molar-refractivity contribution in [3.8, 4) is 11.1 Å². The maximum atomic E-state index is 11.3. The molecule has 3 rings (SSSR count). The summed E-state index contributed by atoms with van der Waals surface area (Å²) in [5.74, 6) is -0.958. The predicted octanol–water partition coefficient (Wildman–Crippen LogP) is 0.108. The normalized spacial score (nSPS) is 20.9. The largest absolute Gasteiger partial charge is 0.480 e. The number of rotatable bonds is 4. The highest BCUT2D eigenvalue weighted by atomic mass is 32.2. The maximum Gasteiger partial charge on any atom is 0.324 e. The number of primary sulfonamides is 1. The third-order valence-corrected chi connectivity index (χ3v) is 4.77. The number of nitrogens with two attached hydrogens (primary N) is 1. The number of sulfonamides is 1. The minimum atomic E-state index is -3.71. The van der Waals surface area contributed by atoms with E-state index in [1.807, 2.05) is 24.3 Å². The molecule has 0 spiro atoms. The monoisotopic (exact) mass is 348 g/mol. The van der Waals surface area contributed by atoms with Crippen LogP contribution in [0.3, 0.4) is 0 Å². The Labute approximate surface area is 138 Å². The van der Waals surface area contributed by atoms with Crippen LogP contribution in [0.25, 0.3) is 11.1 Å². The van der Waals surface area contributed by atoms with Gasteiger partial charge in [-0.05, 0) is 28.8 Å². The molecule has 6 N–H and O–H groups in total. The molecule has 0 aromatic heterocycles. The van der Waals surface area contributed by atoms with E-state index in [0.717, 1.165) is 16.7 Å². The lowest BCUT2D eigenvalue weighted by Crippen LogP contribution is -2.38. The number of hydrogen-bond donors (Lipinski definition) is 5. The molecule has 2 unspecified atom stereocenters. The van der Waals surface area contributed by atoms with Crippen LogP contribution < -0.4 is 21.5 Å². The van der Waals surface area contributed by atoms with Gasteiger partial charge >= 0.3 is 5.97 Å². The molecule has 1 aliphatic heterocycles. The lowest BCUT2D eigenvalue weighted by atomic mass is 9.97. The predicted molar refractivity (Wildman–Crippen MR) is 86.8 cm³/mol. The first kappa shape index (κ1) is 16.6. The highest BCUT2D eigenvalue weighted by Crippen LogP contribution is 2.25. The first-order valence-corrected chi connectivity index (χ1v) is 8.63. The molecule has 0 saturated carbocycles. The highest BCUT2D eigenvalue weighted by molar-refractivity contribution is 7.89. The van der Waals surface area contributed by atoms with E-state index >= 15 is 0 Å². The summed E-state index contributed by atoms with van der Waals surface area (Å²) >= 11 is 0. The molecule has 1 heterocycles. The van der Waals surface area contributed by atoms with E-state index in [9.17, 15) is 13.2 Å². The molecule has 0 bridgehead atoms. The van der Waals surface area contributed by atoms with Gasteiger partial charge in [0, 0.05) is 0 Å². The van der Waals surface area contributed by atoms with Gasteiger partial charge in [0.15, 0.2) is 0 Å². The summed E-state index contributed by atoms with van der Waals surface area (Å²) < 4.78 is 22.5. The van der Waals surface area contributed by atoms with Gasteiger partial charge in [-0.3, -0.25) is 4.79 Å². The van der Waals surface area contributed by atoms with Gasteiger partial charge in [-0.15, -0.1) is 0 Å². The van der Waals surface area contributed by atoms with Crippen molar-refractivity contribution in [1.29, 1.82) is 0 Å². The quantitative estimate of drug-likeness (QED) is 0.529. The van der Waals surface area contributed by atoms with Crippen molar-refractivity contribution in [2.45, 2.75) is 17.0 Å². The summed E-state index contributed by atoms with van der Waals surface area (Å²) in [6.45, 7) is 0. The molecular formula is C15H16N4O4S. The van der Waals surface area contributed by atoms with E-state index in [-0.39, 0.29) is 4.90 Å². The molecule has 126 valence electrons. The summed E-state index contributed by atoms with van der Waals surface area (Å²) in [7, 11) is -3.71. The van der Waals surface area contributed by atoms with Crippen molar-refractivity contribution >= 4 is 16.0 Å². The molecule has 8 nitrogen and oxygen atoms in total. The van der Waals surface area contributed by atoms with Crippen LogP contribution in [-0.4, -0.2) is 25.5 Å². The van der Waals surface area contributed by atoms with Gasteiger partial charge in [0.1, 0.15) is 6.04 Å². The average Bonchev–Trinajstić information content (AvgIpc) is 3.04. The van der Waals surface area contributed by atoms with Crippen molar-refractivity contribution in [2.75, 3.05) is 0 Å². The number of benzene rings is 2. The maximum absolute atomic E-state index is 11.3. The zero-order valence-electron chi connectivity index (χ0n) is 12.4. The fraction of sp³-hybridized carbons (Fsp3) is 0.133. The molecule has 1 fully saturated rings. The van der Waals surface area contributed by atoms with Crippen LogP contribution in [0.1, 0.15) is 11.6 Å². The van der Waals surface area contributed by atoms with Crippen LogP contribution >= 0.6 is 0 Å². The second-order valence-electron chi connectivity index (χ2n) is 5.40. The van der Waals surface area contributed by atoms with E-state index in [2.05, 4.69) is 16.4 Å². The number of aliphatic carboxylic acids is 1. The molecular weight excluding hydrogens is 332 g/mol. The molecule has 2 aromatic rings. The lowest BCUT2D eigenvalue weighted by Gasteiger charge is -2.15. The summed E-state index contributed by atoms with van der Waals surface area (Å²) in [4.78, 5) is 11.2. The number of carboxylic acids is 1. The van der Waals surface area contributed by atoms with Crippen molar-refractivity contribution < 1.29 is 18.3 Å². The smallest absolute Gasteiger partial charge is 0.324 e. The molecule has 1 saturated heterocycles. The van der Waals surface area contributed by atoms with Gasteiger partial charge < -0.3 is 5.11 Å². The Morgan fingerprint density at radius 2 is 1.50 bits per heavy atom. The zero-order chi connectivity index (χ0) is 17.3. The minimum absolute atomic E-state index is 0.0551. The van der Waals surface area contributed by atoms with Gasteiger partial charge in [-0.25, -0.2) is 24.4 Å². The zero-order valence-corrected chi connectivity index (χ0v) is 13.2. The molecule has 2 aromatic carbocycles. The molecule has 0 radical (unpaired) electrons. The second kappa shape index (κ2) is 6.30. The Balaban J connectivity index is 1.83. The number of hydrazine groups is 2. The van der Waals surface area contributed by atoms with Crippen LogP contribution in [0.4, 0.5) is 0 Å². The molecule has 1 aliphatic rings. The molecule has 24 heavy (non-hydrogen) atoms. The lowest BCUT2D eigenvalue weighted by molar-refractivity contribution is -0.139. The van der Waals surface area contributed by atoms with Gasteiger partial charge in [0.2, 0.25) is 10.0 Å². The van der Waals surface area contributed by atoms with Crippen molar-refractivity contribution in [3.63, 3.8) is 0 Å². The second-order valence-corrected chi connectivity index (χ2v) is 6.96. The van der Waals surface area contributed by atoms with Crippen molar-refractivity contribution in [2.24, 2.45) is 5.14 Å². The molecule has 0 aliphatic carbocycles. The highest BCUT2D eigenvalue weighted by Gasteiger charge is 2.33. The van der Waals surface area contributed by atoms with E-state index < -0.39 is 28.1 Å². The molecule has 0 amide bonds. The molecule has 2 atom stereocenters.